The predicted octanol–water partition coefficient (Wildman–Crippen LogP) is 4.94. The second-order valence-electron chi connectivity index (χ2n) is 6.31. The molecule has 0 radical (unpaired) electrons. The van der Waals surface area contributed by atoms with E-state index in [0.29, 0.717) is 11.3 Å². The van der Waals surface area contributed by atoms with Gasteiger partial charge < -0.3 is 4.74 Å². The number of nitrogens with zero attached hydrogens (tertiary/aromatic N) is 2. The van der Waals surface area contributed by atoms with Crippen molar-refractivity contribution in [3.63, 3.8) is 0 Å². The third kappa shape index (κ3) is 3.63. The van der Waals surface area contributed by atoms with Crippen LogP contribution in [0.3, 0.4) is 0 Å². The largest absolute Gasteiger partial charge is 0.421 e. The van der Waals surface area contributed by atoms with E-state index in [2.05, 4.69) is 10.1 Å². The third-order valence-corrected chi connectivity index (χ3v) is 5.54. The molecule has 1 aliphatic heterocycles. The number of ether oxygens (including phenoxy) is 1. The Bertz CT molecular complexity index is 928. The van der Waals surface area contributed by atoms with Crippen LogP contribution in [0, 0.1) is 0 Å². The average molecular weight is 364 g/mol. The van der Waals surface area contributed by atoms with Gasteiger partial charge in [0.05, 0.1) is 16.7 Å². The number of thiophene rings is 1. The summed E-state index contributed by atoms with van der Waals surface area (Å²) in [7, 11) is 0. The number of rotatable bonds is 4. The predicted molar refractivity (Wildman–Crippen MR) is 106 cm³/mol. The minimum Gasteiger partial charge on any atom is -0.421 e. The molecule has 0 spiro atoms. The highest BCUT2D eigenvalue weighted by molar-refractivity contribution is 7.21. The van der Waals surface area contributed by atoms with Crippen LogP contribution in [-0.2, 0) is 0 Å². The lowest BCUT2D eigenvalue weighted by Crippen LogP contribution is -2.24. The van der Waals surface area contributed by atoms with E-state index in [-0.39, 0.29) is 5.97 Å². The average Bonchev–Trinajstić information content (AvgIpc) is 3.05. The molecule has 0 atom stereocenters. The van der Waals surface area contributed by atoms with Crippen molar-refractivity contribution in [3.05, 3.63) is 65.0 Å². The summed E-state index contributed by atoms with van der Waals surface area (Å²) in [6.07, 6.45) is 5.47. The topological polar surface area (TPSA) is 41.9 Å². The number of benzene rings is 2. The van der Waals surface area contributed by atoms with Crippen LogP contribution in [0.15, 0.2) is 59.7 Å². The number of carbonyl (C=O) groups excluding carboxylic acids is 1. The van der Waals surface area contributed by atoms with Crippen molar-refractivity contribution in [2.75, 3.05) is 13.1 Å². The first-order valence-corrected chi connectivity index (χ1v) is 9.70. The molecule has 26 heavy (non-hydrogen) atoms. The smallest absolute Gasteiger partial charge is 0.343 e. The van der Waals surface area contributed by atoms with Gasteiger partial charge in [-0.3, -0.25) is 5.01 Å². The molecule has 1 aromatic heterocycles. The van der Waals surface area contributed by atoms with E-state index in [1.807, 2.05) is 48.7 Å². The van der Waals surface area contributed by atoms with Crippen molar-refractivity contribution in [1.82, 2.24) is 5.01 Å². The molecule has 0 amide bonds. The zero-order chi connectivity index (χ0) is 17.8. The lowest BCUT2D eigenvalue weighted by molar-refractivity contribution is 0.0737. The molecule has 4 nitrogen and oxygen atoms in total. The van der Waals surface area contributed by atoms with Gasteiger partial charge in [-0.05, 0) is 43.5 Å². The molecule has 0 unspecified atom stereocenters. The molecule has 0 aliphatic carbocycles. The van der Waals surface area contributed by atoms with E-state index in [1.54, 1.807) is 23.5 Å². The fourth-order valence-corrected chi connectivity index (χ4v) is 4.08. The van der Waals surface area contributed by atoms with Gasteiger partial charge in [-0.25, -0.2) is 4.79 Å². The van der Waals surface area contributed by atoms with Crippen LogP contribution < -0.4 is 4.74 Å². The Labute approximate surface area is 156 Å². The maximum absolute atomic E-state index is 12.5. The summed E-state index contributed by atoms with van der Waals surface area (Å²) in [4.78, 5) is 13.4. The van der Waals surface area contributed by atoms with Crippen LogP contribution in [0.4, 0.5) is 0 Å². The fraction of sp³-hybridized carbons (Fsp3) is 0.238. The zero-order valence-corrected chi connectivity index (χ0v) is 15.2. The van der Waals surface area contributed by atoms with Gasteiger partial charge in [0.1, 0.15) is 0 Å². The second kappa shape index (κ2) is 7.70. The molecule has 0 bridgehead atoms. The monoisotopic (exact) mass is 364 g/mol. The molecule has 2 aromatic carbocycles. The van der Waals surface area contributed by atoms with Crippen LogP contribution in [0.25, 0.3) is 10.1 Å². The Hall–Kier alpha value is -2.66. The molecule has 2 heterocycles. The Morgan fingerprint density at radius 2 is 1.73 bits per heavy atom. The van der Waals surface area contributed by atoms with Gasteiger partial charge in [0.25, 0.3) is 0 Å². The van der Waals surface area contributed by atoms with E-state index in [1.165, 1.54) is 19.3 Å². The summed E-state index contributed by atoms with van der Waals surface area (Å²) in [5.74, 6) is 0.252. The first-order chi connectivity index (χ1) is 12.8. The van der Waals surface area contributed by atoms with E-state index < -0.39 is 0 Å². The van der Waals surface area contributed by atoms with Gasteiger partial charge in [-0.2, -0.15) is 5.10 Å². The third-order valence-electron chi connectivity index (χ3n) is 4.45. The number of hydrazone groups is 1. The quantitative estimate of drug-likeness (QED) is 0.486. The number of carbonyl (C=O) groups is 1. The second-order valence-corrected chi connectivity index (χ2v) is 7.39. The molecule has 4 rings (SSSR count). The van der Waals surface area contributed by atoms with Crippen LogP contribution >= 0.6 is 11.3 Å². The minimum atomic E-state index is -0.346. The van der Waals surface area contributed by atoms with Crippen LogP contribution in [0.1, 0.15) is 34.5 Å². The summed E-state index contributed by atoms with van der Waals surface area (Å²) in [6.45, 7) is 1.97. The summed E-state index contributed by atoms with van der Waals surface area (Å²) in [5.41, 5.74) is 0.543. The lowest BCUT2D eigenvalue weighted by Gasteiger charge is -2.23. The van der Waals surface area contributed by atoms with Crippen molar-refractivity contribution < 1.29 is 9.53 Å². The summed E-state index contributed by atoms with van der Waals surface area (Å²) in [5, 5.41) is 7.66. The SMILES string of the molecule is O=C(Oc1c(/C=N/N2CCCCC2)sc2ccccc12)c1ccccc1. The summed E-state index contributed by atoms with van der Waals surface area (Å²) in [6, 6.07) is 17.1. The molecule has 132 valence electrons. The highest BCUT2D eigenvalue weighted by atomic mass is 32.1. The Kier molecular flexibility index (Phi) is 4.97. The molecule has 3 aromatic rings. The highest BCUT2D eigenvalue weighted by Gasteiger charge is 2.17. The van der Waals surface area contributed by atoms with Gasteiger partial charge in [-0.1, -0.05) is 30.3 Å². The Morgan fingerprint density at radius 1 is 1.00 bits per heavy atom. The van der Waals surface area contributed by atoms with E-state index in [4.69, 9.17) is 4.74 Å². The van der Waals surface area contributed by atoms with Crippen LogP contribution in [-0.4, -0.2) is 30.3 Å². The maximum Gasteiger partial charge on any atom is 0.343 e. The van der Waals surface area contributed by atoms with Gasteiger partial charge in [-0.15, -0.1) is 11.3 Å². The summed E-state index contributed by atoms with van der Waals surface area (Å²) >= 11 is 1.60. The number of piperidine rings is 1. The van der Waals surface area contributed by atoms with Crippen molar-refractivity contribution in [2.45, 2.75) is 19.3 Å². The molecular weight excluding hydrogens is 344 g/mol. The van der Waals surface area contributed by atoms with Crippen molar-refractivity contribution >= 4 is 33.6 Å². The normalized spacial score (nSPS) is 14.8. The Morgan fingerprint density at radius 3 is 2.54 bits per heavy atom. The minimum absolute atomic E-state index is 0.346. The van der Waals surface area contributed by atoms with E-state index in [0.717, 1.165) is 28.1 Å². The van der Waals surface area contributed by atoms with E-state index >= 15 is 0 Å². The number of hydrogen-bond donors (Lipinski definition) is 0. The number of fused-ring (bicyclic) bond motifs is 1. The van der Waals surface area contributed by atoms with Gasteiger partial charge in [0.15, 0.2) is 5.75 Å². The molecule has 5 heteroatoms. The first-order valence-electron chi connectivity index (χ1n) is 8.89. The zero-order valence-electron chi connectivity index (χ0n) is 14.4. The van der Waals surface area contributed by atoms with Crippen molar-refractivity contribution in [3.8, 4) is 5.75 Å². The fourth-order valence-electron chi connectivity index (χ4n) is 3.08. The van der Waals surface area contributed by atoms with Crippen molar-refractivity contribution in [1.29, 1.82) is 0 Å². The Balaban J connectivity index is 1.65. The maximum atomic E-state index is 12.5. The van der Waals surface area contributed by atoms with Gasteiger partial charge >= 0.3 is 5.97 Å². The van der Waals surface area contributed by atoms with Crippen LogP contribution in [0.2, 0.25) is 0 Å². The molecule has 0 saturated carbocycles. The number of hydrogen-bond acceptors (Lipinski definition) is 5. The molecule has 1 fully saturated rings. The van der Waals surface area contributed by atoms with Gasteiger partial charge in [0, 0.05) is 23.2 Å². The van der Waals surface area contributed by atoms with E-state index in [9.17, 15) is 4.79 Å². The lowest BCUT2D eigenvalue weighted by atomic mass is 10.2. The first kappa shape index (κ1) is 16.8. The number of esters is 1. The molecular formula is C21H20N2O2S. The summed E-state index contributed by atoms with van der Waals surface area (Å²) < 4.78 is 6.87. The molecule has 1 aliphatic rings. The molecule has 0 N–H and O–H groups in total. The standard InChI is InChI=1S/C21H20N2O2S/c24-21(16-9-3-1-4-10-16)25-20-17-11-5-6-12-18(17)26-19(20)15-22-23-13-7-2-8-14-23/h1,3-6,9-12,15H,2,7-8,13-14H2/b22-15+. The van der Waals surface area contributed by atoms with Gasteiger partial charge in [0.2, 0.25) is 0 Å². The highest BCUT2D eigenvalue weighted by Crippen LogP contribution is 2.37. The molecule has 1 saturated heterocycles. The van der Waals surface area contributed by atoms with Crippen LogP contribution in [0.5, 0.6) is 5.75 Å². The van der Waals surface area contributed by atoms with Crippen molar-refractivity contribution in [2.24, 2.45) is 5.10 Å².